The zero-order valence-corrected chi connectivity index (χ0v) is 9.30. The molecule has 56 valence electrons. The van der Waals surface area contributed by atoms with Gasteiger partial charge in [-0.05, 0) is 46.1 Å². The van der Waals surface area contributed by atoms with Gasteiger partial charge in [-0.1, -0.05) is 20.9 Å². The molecule has 0 aliphatic carbocycles. The Kier molecular flexibility index (Phi) is 3.93. The summed E-state index contributed by atoms with van der Waals surface area (Å²) in [6.45, 7) is 4.56. The van der Waals surface area contributed by atoms with E-state index in [-0.39, 0.29) is 0 Å². The summed E-state index contributed by atoms with van der Waals surface area (Å²) in [5.41, 5.74) is 0. The van der Waals surface area contributed by atoms with Gasteiger partial charge in [0.2, 0.25) is 0 Å². The smallest absolute Gasteiger partial charge is 0.00883 e. The first-order valence-corrected chi connectivity index (χ1v) is 8.18. The number of rotatable bonds is 3. The molecule has 1 atom stereocenters. The monoisotopic (exact) mass is 190 g/mol. The Balaban J connectivity index is 2.49. The summed E-state index contributed by atoms with van der Waals surface area (Å²) in [5.74, 6) is 0. The van der Waals surface area contributed by atoms with Crippen molar-refractivity contribution in [2.75, 3.05) is 0 Å². The quantitative estimate of drug-likeness (QED) is 0.656. The molecule has 0 aliphatic rings. The average molecular weight is 190 g/mol. The molecule has 0 nitrogen and oxygen atoms in total. The Morgan fingerprint density at radius 1 is 1.40 bits per heavy atom. The molecule has 0 bridgehead atoms. The Bertz CT molecular complexity index is 192. The van der Waals surface area contributed by atoms with E-state index in [0.29, 0.717) is 0 Å². The molecule has 1 unspecified atom stereocenters. The fourth-order valence-corrected chi connectivity index (χ4v) is 7.84. The Morgan fingerprint density at radius 3 is 2.70 bits per heavy atom. The molecular formula is C7H13P3. The molecule has 0 saturated heterocycles. The summed E-state index contributed by atoms with van der Waals surface area (Å²) in [5, 5.41) is 3.40. The zero-order valence-electron chi connectivity index (χ0n) is 6.52. The van der Waals surface area contributed by atoms with Crippen LogP contribution in [0.1, 0.15) is 30.4 Å². The van der Waals surface area contributed by atoms with E-state index in [0.717, 1.165) is 7.55 Å². The maximum absolute atomic E-state index is 2.29. The van der Waals surface area contributed by atoms with E-state index in [4.69, 9.17) is 0 Å². The molecular weight excluding hydrogens is 177 g/mol. The van der Waals surface area contributed by atoms with E-state index in [1.54, 1.807) is 26.3 Å². The highest BCUT2D eigenvalue weighted by atomic mass is 32.1. The highest BCUT2D eigenvalue weighted by Gasteiger charge is 1.97. The van der Waals surface area contributed by atoms with Gasteiger partial charge in [0.25, 0.3) is 0 Å². The topological polar surface area (TPSA) is 0 Å². The summed E-state index contributed by atoms with van der Waals surface area (Å²) in [7, 11) is 4.40. The molecule has 0 aromatic carbocycles. The minimum atomic E-state index is 1.15. The number of hydrogen-bond acceptors (Lipinski definition) is 0. The van der Waals surface area contributed by atoms with Crippen molar-refractivity contribution in [1.82, 2.24) is 0 Å². The average Bonchev–Trinajstić information content (AvgIpc) is 2.31. The summed E-state index contributed by atoms with van der Waals surface area (Å²) < 4.78 is 0. The molecule has 0 radical (unpaired) electrons. The van der Waals surface area contributed by atoms with Crippen LogP contribution in [0.3, 0.4) is 0 Å². The normalized spacial score (nSPS) is 12.6. The molecule has 1 rings (SSSR count). The van der Waals surface area contributed by atoms with Gasteiger partial charge in [-0.3, -0.25) is 0 Å². The maximum atomic E-state index is 2.29. The van der Waals surface area contributed by atoms with Crippen molar-refractivity contribution in [3.8, 4) is 0 Å². The fraction of sp³-hybridized carbons (Fsp3) is 0.714. The van der Waals surface area contributed by atoms with Crippen LogP contribution < -0.4 is 0 Å². The van der Waals surface area contributed by atoms with Crippen molar-refractivity contribution in [2.45, 2.75) is 33.1 Å². The Morgan fingerprint density at radius 2 is 2.20 bits per heavy atom. The van der Waals surface area contributed by atoms with E-state index in [1.807, 2.05) is 0 Å². The molecule has 0 N–H and O–H groups in total. The summed E-state index contributed by atoms with van der Waals surface area (Å²) in [6.07, 6.45) is 4.09. The zero-order chi connectivity index (χ0) is 7.40. The number of aryl methyl sites for hydroxylation is 2. The molecule has 1 aromatic heterocycles. The highest BCUT2D eigenvalue weighted by Crippen LogP contribution is 2.41. The second-order valence-electron chi connectivity index (χ2n) is 2.46. The summed E-state index contributed by atoms with van der Waals surface area (Å²) in [4.78, 5) is 0. The van der Waals surface area contributed by atoms with Gasteiger partial charge < -0.3 is 0 Å². The lowest BCUT2D eigenvalue weighted by molar-refractivity contribution is 0.802. The van der Waals surface area contributed by atoms with Gasteiger partial charge in [0, 0.05) is 0 Å². The highest BCUT2D eigenvalue weighted by molar-refractivity contribution is 8.17. The van der Waals surface area contributed by atoms with E-state index in [1.165, 1.54) is 19.3 Å². The number of unbranched alkanes of at least 4 members (excludes halogenated alkanes) is 1. The van der Waals surface area contributed by atoms with E-state index in [9.17, 15) is 0 Å². The predicted molar refractivity (Wildman–Crippen MR) is 54.3 cm³/mol. The van der Waals surface area contributed by atoms with Crippen LogP contribution in [0.15, 0.2) is 0 Å². The molecule has 0 saturated carbocycles. The SMILES string of the molecule is CCCCc1p[pH]pc1C. The van der Waals surface area contributed by atoms with Crippen molar-refractivity contribution in [3.63, 3.8) is 0 Å². The minimum Gasteiger partial charge on any atom is -0.0813 e. The van der Waals surface area contributed by atoms with Crippen molar-refractivity contribution >= 4 is 23.3 Å². The van der Waals surface area contributed by atoms with E-state index in [2.05, 4.69) is 13.8 Å². The van der Waals surface area contributed by atoms with Crippen LogP contribution in [-0.2, 0) is 6.42 Å². The lowest BCUT2D eigenvalue weighted by Crippen LogP contribution is -1.79. The second-order valence-corrected chi connectivity index (χ2v) is 8.06. The molecule has 3 heteroatoms. The van der Waals surface area contributed by atoms with Gasteiger partial charge >= 0.3 is 0 Å². The molecule has 0 spiro atoms. The van der Waals surface area contributed by atoms with Crippen molar-refractivity contribution in [1.29, 1.82) is 0 Å². The van der Waals surface area contributed by atoms with Gasteiger partial charge in [-0.2, -0.15) is 0 Å². The van der Waals surface area contributed by atoms with Gasteiger partial charge in [-0.25, -0.2) is 0 Å². The lowest BCUT2D eigenvalue weighted by atomic mass is 10.2. The maximum Gasteiger partial charge on any atom is -0.00883 e. The third kappa shape index (κ3) is 2.35. The standard InChI is InChI=1S/C7H13P3/c1-3-4-5-7-6(2)8-10-9-7/h10H,3-5H2,1-2H3. The summed E-state index contributed by atoms with van der Waals surface area (Å²) in [6, 6.07) is 0. The third-order valence-electron chi connectivity index (χ3n) is 1.59. The fourth-order valence-electron chi connectivity index (χ4n) is 0.887. The summed E-state index contributed by atoms with van der Waals surface area (Å²) >= 11 is 0. The Labute approximate surface area is 67.5 Å². The van der Waals surface area contributed by atoms with E-state index < -0.39 is 0 Å². The van der Waals surface area contributed by atoms with E-state index >= 15 is 0 Å². The molecule has 0 amide bonds. The van der Waals surface area contributed by atoms with Gasteiger partial charge in [0.1, 0.15) is 0 Å². The van der Waals surface area contributed by atoms with Crippen LogP contribution in [0.4, 0.5) is 0 Å². The van der Waals surface area contributed by atoms with Crippen LogP contribution in [0, 0.1) is 6.92 Å². The van der Waals surface area contributed by atoms with Crippen LogP contribution in [-0.4, -0.2) is 0 Å². The third-order valence-corrected chi connectivity index (χ3v) is 7.61. The van der Waals surface area contributed by atoms with Crippen molar-refractivity contribution in [3.05, 3.63) is 10.6 Å². The van der Waals surface area contributed by atoms with Crippen molar-refractivity contribution < 1.29 is 0 Å². The largest absolute Gasteiger partial charge is 0.0813 e. The molecule has 1 aromatic rings. The van der Waals surface area contributed by atoms with Crippen LogP contribution in [0.5, 0.6) is 0 Å². The predicted octanol–water partition coefficient (Wildman–Crippen LogP) is 4.53. The first kappa shape index (κ1) is 8.73. The first-order chi connectivity index (χ1) is 4.84. The molecule has 1 heterocycles. The van der Waals surface area contributed by atoms with Gasteiger partial charge in [0.05, 0.1) is 0 Å². The molecule has 10 heavy (non-hydrogen) atoms. The molecule has 0 aliphatic heterocycles. The minimum absolute atomic E-state index is 1.15. The van der Waals surface area contributed by atoms with Crippen LogP contribution in [0.25, 0.3) is 0 Å². The van der Waals surface area contributed by atoms with Crippen LogP contribution in [0.2, 0.25) is 0 Å². The molecule has 0 fully saturated rings. The lowest BCUT2D eigenvalue weighted by Gasteiger charge is -1.94. The van der Waals surface area contributed by atoms with Crippen LogP contribution >= 0.6 is 23.3 Å². The first-order valence-electron chi connectivity index (χ1n) is 3.71. The Hall–Kier alpha value is 0.640. The van der Waals surface area contributed by atoms with Crippen molar-refractivity contribution in [2.24, 2.45) is 0 Å². The van der Waals surface area contributed by atoms with Gasteiger partial charge in [0.15, 0.2) is 0 Å². The second kappa shape index (κ2) is 4.50. The number of hydrogen-bond donors (Lipinski definition) is 0. The van der Waals surface area contributed by atoms with Gasteiger partial charge in [-0.15, -0.1) is 0 Å².